The van der Waals surface area contributed by atoms with E-state index in [1.165, 1.54) is 23.0 Å². The Morgan fingerprint density at radius 1 is 1.33 bits per heavy atom. The molecule has 0 saturated heterocycles. The third-order valence-electron chi connectivity index (χ3n) is 2.03. The minimum absolute atomic E-state index is 0.253. The van der Waals surface area contributed by atoms with E-state index in [1.54, 1.807) is 6.20 Å². The van der Waals surface area contributed by atoms with Gasteiger partial charge in [0.25, 0.3) is 0 Å². The third kappa shape index (κ3) is 1.87. The van der Waals surface area contributed by atoms with Gasteiger partial charge in [-0.3, -0.25) is 0 Å². The summed E-state index contributed by atoms with van der Waals surface area (Å²) in [5.74, 6) is -1.23. The molecule has 0 aliphatic rings. The van der Waals surface area contributed by atoms with E-state index in [-0.39, 0.29) is 12.2 Å². The highest BCUT2D eigenvalue weighted by Gasteiger charge is 2.06. The van der Waals surface area contributed by atoms with Crippen LogP contribution in [0.5, 0.6) is 0 Å². The van der Waals surface area contributed by atoms with Crippen molar-refractivity contribution in [3.8, 4) is 5.69 Å². The molecule has 1 aromatic carbocycles. The van der Waals surface area contributed by atoms with Crippen LogP contribution in [0.25, 0.3) is 5.69 Å². The van der Waals surface area contributed by atoms with Gasteiger partial charge in [-0.25, -0.2) is 13.8 Å². The minimum Gasteiger partial charge on any atom is -0.325 e. The standard InChI is InChI=1S/C10H9F2N3/c11-7-1-2-10(9(12)3-7)15-5-8(4-13)14-6-15/h1-3,5-6H,4,13H2. The van der Waals surface area contributed by atoms with Crippen molar-refractivity contribution < 1.29 is 8.78 Å². The highest BCUT2D eigenvalue weighted by Crippen LogP contribution is 2.14. The molecule has 1 aromatic heterocycles. The van der Waals surface area contributed by atoms with Crippen LogP contribution < -0.4 is 5.73 Å². The zero-order valence-electron chi connectivity index (χ0n) is 7.82. The number of hydrogen-bond acceptors (Lipinski definition) is 2. The molecule has 15 heavy (non-hydrogen) atoms. The van der Waals surface area contributed by atoms with Crippen LogP contribution in [0, 0.1) is 11.6 Å². The molecule has 5 heteroatoms. The first-order chi connectivity index (χ1) is 7.20. The first-order valence-electron chi connectivity index (χ1n) is 4.39. The average Bonchev–Trinajstić information content (AvgIpc) is 2.66. The number of nitrogens with two attached hydrogens (primary N) is 1. The topological polar surface area (TPSA) is 43.8 Å². The van der Waals surface area contributed by atoms with Crippen LogP contribution in [0.2, 0.25) is 0 Å². The van der Waals surface area contributed by atoms with Crippen LogP contribution in [0.15, 0.2) is 30.7 Å². The lowest BCUT2D eigenvalue weighted by atomic mass is 10.3. The van der Waals surface area contributed by atoms with Crippen LogP contribution >= 0.6 is 0 Å². The lowest BCUT2D eigenvalue weighted by Gasteiger charge is -2.02. The minimum atomic E-state index is -0.629. The Bertz CT molecular complexity index is 479. The number of benzene rings is 1. The maximum absolute atomic E-state index is 13.3. The van der Waals surface area contributed by atoms with E-state index in [0.29, 0.717) is 5.69 Å². The first kappa shape index (κ1) is 9.79. The second-order valence-corrected chi connectivity index (χ2v) is 3.07. The number of aromatic nitrogens is 2. The van der Waals surface area contributed by atoms with Gasteiger partial charge in [0.15, 0.2) is 0 Å². The van der Waals surface area contributed by atoms with Crippen molar-refractivity contribution in [1.29, 1.82) is 0 Å². The van der Waals surface area contributed by atoms with Crippen molar-refractivity contribution in [2.24, 2.45) is 5.73 Å². The van der Waals surface area contributed by atoms with Gasteiger partial charge < -0.3 is 10.3 Å². The maximum Gasteiger partial charge on any atom is 0.150 e. The van der Waals surface area contributed by atoms with Gasteiger partial charge in [-0.2, -0.15) is 0 Å². The Kier molecular flexibility index (Phi) is 2.47. The molecule has 1 heterocycles. The number of nitrogens with zero attached hydrogens (tertiary/aromatic N) is 2. The summed E-state index contributed by atoms with van der Waals surface area (Å²) < 4.78 is 27.4. The average molecular weight is 209 g/mol. The van der Waals surface area contributed by atoms with Gasteiger partial charge in [0.1, 0.15) is 11.6 Å². The van der Waals surface area contributed by atoms with Crippen LogP contribution in [-0.4, -0.2) is 9.55 Å². The fourth-order valence-corrected chi connectivity index (χ4v) is 1.29. The SMILES string of the molecule is NCc1cn(-c2ccc(F)cc2F)cn1. The fraction of sp³-hybridized carbons (Fsp3) is 0.100. The Balaban J connectivity index is 2.44. The predicted octanol–water partition coefficient (Wildman–Crippen LogP) is 1.61. The molecule has 0 saturated carbocycles. The van der Waals surface area contributed by atoms with Gasteiger partial charge in [0.2, 0.25) is 0 Å². The van der Waals surface area contributed by atoms with Crippen molar-refractivity contribution in [2.45, 2.75) is 6.54 Å². The van der Waals surface area contributed by atoms with Gasteiger partial charge in [-0.1, -0.05) is 0 Å². The number of rotatable bonds is 2. The fourth-order valence-electron chi connectivity index (χ4n) is 1.29. The number of hydrogen-bond donors (Lipinski definition) is 1. The Morgan fingerprint density at radius 3 is 2.73 bits per heavy atom. The molecule has 0 fully saturated rings. The molecular formula is C10H9F2N3. The van der Waals surface area contributed by atoms with E-state index in [9.17, 15) is 8.78 Å². The van der Waals surface area contributed by atoms with Crippen molar-refractivity contribution in [2.75, 3.05) is 0 Å². The second-order valence-electron chi connectivity index (χ2n) is 3.07. The lowest BCUT2D eigenvalue weighted by molar-refractivity contribution is 0.577. The molecule has 0 aliphatic carbocycles. The lowest BCUT2D eigenvalue weighted by Crippen LogP contribution is -1.97. The molecule has 0 spiro atoms. The molecule has 3 nitrogen and oxygen atoms in total. The summed E-state index contributed by atoms with van der Waals surface area (Å²) in [6.45, 7) is 0.288. The van der Waals surface area contributed by atoms with Gasteiger partial charge in [-0.15, -0.1) is 0 Å². The summed E-state index contributed by atoms with van der Waals surface area (Å²) in [6, 6.07) is 3.38. The number of imidazole rings is 1. The van der Waals surface area contributed by atoms with Gasteiger partial charge >= 0.3 is 0 Å². The molecule has 2 aromatic rings. The zero-order valence-corrected chi connectivity index (χ0v) is 7.82. The molecule has 2 rings (SSSR count). The zero-order chi connectivity index (χ0) is 10.8. The van der Waals surface area contributed by atoms with Crippen LogP contribution in [-0.2, 0) is 6.54 Å². The number of halogens is 2. The summed E-state index contributed by atoms with van der Waals surface area (Å²) in [4.78, 5) is 3.95. The van der Waals surface area contributed by atoms with E-state index in [0.717, 1.165) is 6.07 Å². The van der Waals surface area contributed by atoms with Gasteiger partial charge in [-0.05, 0) is 12.1 Å². The van der Waals surface area contributed by atoms with E-state index in [2.05, 4.69) is 4.98 Å². The predicted molar refractivity (Wildman–Crippen MR) is 51.4 cm³/mol. The summed E-state index contributed by atoms with van der Waals surface area (Å²) in [6.07, 6.45) is 3.05. The van der Waals surface area contributed by atoms with Crippen molar-refractivity contribution >= 4 is 0 Å². The summed E-state index contributed by atoms with van der Waals surface area (Å²) >= 11 is 0. The summed E-state index contributed by atoms with van der Waals surface area (Å²) in [5, 5.41) is 0. The molecular weight excluding hydrogens is 200 g/mol. The molecule has 78 valence electrons. The summed E-state index contributed by atoms with van der Waals surface area (Å²) in [7, 11) is 0. The van der Waals surface area contributed by atoms with E-state index in [1.807, 2.05) is 0 Å². The van der Waals surface area contributed by atoms with E-state index < -0.39 is 11.6 Å². The van der Waals surface area contributed by atoms with E-state index in [4.69, 9.17) is 5.73 Å². The Labute approximate surface area is 85.2 Å². The monoisotopic (exact) mass is 209 g/mol. The molecule has 0 atom stereocenters. The van der Waals surface area contributed by atoms with Crippen molar-refractivity contribution in [3.63, 3.8) is 0 Å². The van der Waals surface area contributed by atoms with Gasteiger partial charge in [0.05, 0.1) is 17.7 Å². The van der Waals surface area contributed by atoms with Crippen LogP contribution in [0.3, 0.4) is 0 Å². The van der Waals surface area contributed by atoms with Crippen molar-refractivity contribution in [3.05, 3.63) is 48.1 Å². The third-order valence-corrected chi connectivity index (χ3v) is 2.03. The molecule has 2 N–H and O–H groups in total. The highest BCUT2D eigenvalue weighted by atomic mass is 19.1. The van der Waals surface area contributed by atoms with Crippen LogP contribution in [0.1, 0.15) is 5.69 Å². The molecule has 0 amide bonds. The highest BCUT2D eigenvalue weighted by molar-refractivity contribution is 5.34. The molecule has 0 aliphatic heterocycles. The molecule has 0 unspecified atom stereocenters. The van der Waals surface area contributed by atoms with Crippen LogP contribution in [0.4, 0.5) is 8.78 Å². The Hall–Kier alpha value is -1.75. The maximum atomic E-state index is 13.3. The normalized spacial score (nSPS) is 10.6. The van der Waals surface area contributed by atoms with Gasteiger partial charge in [0, 0.05) is 18.8 Å². The van der Waals surface area contributed by atoms with E-state index >= 15 is 0 Å². The molecule has 0 bridgehead atoms. The first-order valence-corrected chi connectivity index (χ1v) is 4.39. The Morgan fingerprint density at radius 2 is 2.13 bits per heavy atom. The molecule has 0 radical (unpaired) electrons. The summed E-state index contributed by atoms with van der Waals surface area (Å²) in [5.41, 5.74) is 6.28. The van der Waals surface area contributed by atoms with Crippen molar-refractivity contribution in [1.82, 2.24) is 9.55 Å². The largest absolute Gasteiger partial charge is 0.325 e. The quantitative estimate of drug-likeness (QED) is 0.816. The second kappa shape index (κ2) is 3.78. The smallest absolute Gasteiger partial charge is 0.150 e.